The number of benzene rings is 1. The maximum absolute atomic E-state index is 10.6. The molecule has 0 saturated heterocycles. The molecule has 0 spiro atoms. The molecule has 0 heterocycles. The molecule has 5 nitrogen and oxygen atoms in total. The minimum atomic E-state index is -0.931. The third kappa shape index (κ3) is 5.33. The summed E-state index contributed by atoms with van der Waals surface area (Å²) in [6.07, 6.45) is 0.952. The van der Waals surface area contributed by atoms with Crippen LogP contribution in [0.25, 0.3) is 0 Å². The lowest BCUT2D eigenvalue weighted by molar-refractivity contribution is 0.0697. The average molecular weight is 238 g/mol. The SMILES string of the molecule is NCCCNCCOc1ccc(C(=O)O)cc1. The van der Waals surface area contributed by atoms with E-state index in [0.717, 1.165) is 19.5 Å². The summed E-state index contributed by atoms with van der Waals surface area (Å²) in [5, 5.41) is 11.9. The lowest BCUT2D eigenvalue weighted by Gasteiger charge is -2.07. The summed E-state index contributed by atoms with van der Waals surface area (Å²) < 4.78 is 5.43. The van der Waals surface area contributed by atoms with Crippen LogP contribution in [-0.2, 0) is 0 Å². The van der Waals surface area contributed by atoms with Crippen LogP contribution < -0.4 is 15.8 Å². The van der Waals surface area contributed by atoms with Gasteiger partial charge in [0, 0.05) is 6.54 Å². The van der Waals surface area contributed by atoms with Crippen LogP contribution in [-0.4, -0.2) is 37.3 Å². The second-order valence-corrected chi connectivity index (χ2v) is 3.57. The van der Waals surface area contributed by atoms with Gasteiger partial charge >= 0.3 is 5.97 Å². The Balaban J connectivity index is 2.21. The number of nitrogens with one attached hydrogen (secondary N) is 1. The molecule has 0 unspecified atom stereocenters. The number of aromatic carboxylic acids is 1. The van der Waals surface area contributed by atoms with Crippen molar-refractivity contribution in [3.05, 3.63) is 29.8 Å². The monoisotopic (exact) mass is 238 g/mol. The summed E-state index contributed by atoms with van der Waals surface area (Å²) in [5.74, 6) is -0.254. The van der Waals surface area contributed by atoms with Crippen LogP contribution >= 0.6 is 0 Å². The summed E-state index contributed by atoms with van der Waals surface area (Å²) in [5.41, 5.74) is 5.62. The van der Waals surface area contributed by atoms with Gasteiger partial charge in [-0.05, 0) is 43.8 Å². The maximum atomic E-state index is 10.6. The van der Waals surface area contributed by atoms with Crippen LogP contribution in [0.2, 0.25) is 0 Å². The lowest BCUT2D eigenvalue weighted by Crippen LogP contribution is -2.23. The van der Waals surface area contributed by atoms with E-state index in [1.165, 1.54) is 12.1 Å². The third-order valence-corrected chi connectivity index (χ3v) is 2.21. The van der Waals surface area contributed by atoms with E-state index in [2.05, 4.69) is 5.32 Å². The zero-order valence-electron chi connectivity index (χ0n) is 9.69. The quantitative estimate of drug-likeness (QED) is 0.581. The highest BCUT2D eigenvalue weighted by atomic mass is 16.5. The summed E-state index contributed by atoms with van der Waals surface area (Å²) in [7, 11) is 0. The molecular formula is C12H18N2O3. The van der Waals surface area contributed by atoms with Crippen molar-refractivity contribution in [3.8, 4) is 5.75 Å². The first-order valence-electron chi connectivity index (χ1n) is 5.61. The Hall–Kier alpha value is -1.59. The van der Waals surface area contributed by atoms with Crippen LogP contribution in [0, 0.1) is 0 Å². The predicted molar refractivity (Wildman–Crippen MR) is 65.4 cm³/mol. The van der Waals surface area contributed by atoms with E-state index in [4.69, 9.17) is 15.6 Å². The van der Waals surface area contributed by atoms with Crippen LogP contribution in [0.5, 0.6) is 5.75 Å². The van der Waals surface area contributed by atoms with E-state index in [9.17, 15) is 4.79 Å². The lowest BCUT2D eigenvalue weighted by atomic mass is 10.2. The molecule has 17 heavy (non-hydrogen) atoms. The van der Waals surface area contributed by atoms with Gasteiger partial charge < -0.3 is 20.9 Å². The van der Waals surface area contributed by atoms with Crippen molar-refractivity contribution in [2.75, 3.05) is 26.2 Å². The van der Waals surface area contributed by atoms with E-state index in [1.54, 1.807) is 12.1 Å². The molecule has 0 aliphatic rings. The highest BCUT2D eigenvalue weighted by molar-refractivity contribution is 5.87. The first-order chi connectivity index (χ1) is 8.24. The molecule has 0 bridgehead atoms. The molecule has 0 radical (unpaired) electrons. The van der Waals surface area contributed by atoms with Crippen molar-refractivity contribution in [2.45, 2.75) is 6.42 Å². The van der Waals surface area contributed by atoms with Gasteiger partial charge in [0.25, 0.3) is 0 Å². The molecule has 0 saturated carbocycles. The number of ether oxygens (including phenoxy) is 1. The van der Waals surface area contributed by atoms with Crippen LogP contribution in [0.1, 0.15) is 16.8 Å². The minimum Gasteiger partial charge on any atom is -0.492 e. The molecule has 1 aromatic rings. The van der Waals surface area contributed by atoms with E-state index >= 15 is 0 Å². The Morgan fingerprint density at radius 1 is 1.29 bits per heavy atom. The molecule has 0 aliphatic heterocycles. The normalized spacial score (nSPS) is 10.2. The fourth-order valence-electron chi connectivity index (χ4n) is 1.29. The molecule has 1 aromatic carbocycles. The summed E-state index contributed by atoms with van der Waals surface area (Å²) in [6, 6.07) is 6.37. The molecule has 1 rings (SSSR count). The highest BCUT2D eigenvalue weighted by Crippen LogP contribution is 2.11. The zero-order valence-corrected chi connectivity index (χ0v) is 9.69. The number of carbonyl (C=O) groups is 1. The van der Waals surface area contributed by atoms with Crippen molar-refractivity contribution < 1.29 is 14.6 Å². The summed E-state index contributed by atoms with van der Waals surface area (Å²) in [4.78, 5) is 10.6. The Morgan fingerprint density at radius 2 is 2.00 bits per heavy atom. The van der Waals surface area contributed by atoms with Gasteiger partial charge in [-0.3, -0.25) is 0 Å². The van der Waals surface area contributed by atoms with Crippen molar-refractivity contribution in [1.82, 2.24) is 5.32 Å². The molecular weight excluding hydrogens is 220 g/mol. The van der Waals surface area contributed by atoms with E-state index < -0.39 is 5.97 Å². The Bertz CT molecular complexity index is 338. The summed E-state index contributed by atoms with van der Waals surface area (Å²) in [6.45, 7) is 2.87. The Kier molecular flexibility index (Phi) is 6.06. The molecule has 5 heteroatoms. The second kappa shape index (κ2) is 7.65. The Labute approximate surface area is 101 Å². The van der Waals surface area contributed by atoms with Crippen molar-refractivity contribution in [1.29, 1.82) is 0 Å². The maximum Gasteiger partial charge on any atom is 0.335 e. The van der Waals surface area contributed by atoms with Crippen LogP contribution in [0.3, 0.4) is 0 Å². The topological polar surface area (TPSA) is 84.6 Å². The van der Waals surface area contributed by atoms with Crippen molar-refractivity contribution in [3.63, 3.8) is 0 Å². The Morgan fingerprint density at radius 3 is 2.59 bits per heavy atom. The standard InChI is InChI=1S/C12H18N2O3/c13-6-1-7-14-8-9-17-11-4-2-10(3-5-11)12(15)16/h2-5,14H,1,6-9,13H2,(H,15,16). The second-order valence-electron chi connectivity index (χ2n) is 3.57. The van der Waals surface area contributed by atoms with Crippen molar-refractivity contribution in [2.24, 2.45) is 5.73 Å². The highest BCUT2D eigenvalue weighted by Gasteiger charge is 2.01. The predicted octanol–water partition coefficient (Wildman–Crippen LogP) is 0.702. The van der Waals surface area contributed by atoms with Gasteiger partial charge in [0.15, 0.2) is 0 Å². The fraction of sp³-hybridized carbons (Fsp3) is 0.417. The van der Waals surface area contributed by atoms with E-state index in [-0.39, 0.29) is 5.56 Å². The van der Waals surface area contributed by atoms with Gasteiger partial charge in [-0.2, -0.15) is 0 Å². The average Bonchev–Trinajstić information content (AvgIpc) is 2.34. The molecule has 0 aromatic heterocycles. The van der Waals surface area contributed by atoms with Gasteiger partial charge in [-0.1, -0.05) is 0 Å². The minimum absolute atomic E-state index is 0.262. The summed E-state index contributed by atoms with van der Waals surface area (Å²) >= 11 is 0. The van der Waals surface area contributed by atoms with Gasteiger partial charge in [-0.25, -0.2) is 4.79 Å². The molecule has 0 atom stereocenters. The number of carboxylic acids is 1. The van der Waals surface area contributed by atoms with Gasteiger partial charge in [0.2, 0.25) is 0 Å². The van der Waals surface area contributed by atoms with Crippen LogP contribution in [0.4, 0.5) is 0 Å². The van der Waals surface area contributed by atoms with E-state index in [0.29, 0.717) is 18.9 Å². The number of rotatable bonds is 8. The van der Waals surface area contributed by atoms with Gasteiger partial charge in [0.05, 0.1) is 5.56 Å². The van der Waals surface area contributed by atoms with E-state index in [1.807, 2.05) is 0 Å². The van der Waals surface area contributed by atoms with Crippen molar-refractivity contribution >= 4 is 5.97 Å². The first-order valence-corrected chi connectivity index (χ1v) is 5.61. The van der Waals surface area contributed by atoms with Gasteiger partial charge in [-0.15, -0.1) is 0 Å². The molecule has 0 amide bonds. The smallest absolute Gasteiger partial charge is 0.335 e. The third-order valence-electron chi connectivity index (χ3n) is 2.21. The van der Waals surface area contributed by atoms with Gasteiger partial charge in [0.1, 0.15) is 12.4 Å². The zero-order chi connectivity index (χ0) is 12.5. The number of hydrogen-bond acceptors (Lipinski definition) is 4. The molecule has 0 aliphatic carbocycles. The molecule has 4 N–H and O–H groups in total. The molecule has 94 valence electrons. The number of nitrogens with two attached hydrogens (primary N) is 1. The first kappa shape index (κ1) is 13.5. The van der Waals surface area contributed by atoms with Crippen LogP contribution in [0.15, 0.2) is 24.3 Å². The number of carboxylic acid groups (broad SMARTS) is 1. The largest absolute Gasteiger partial charge is 0.492 e. The number of hydrogen-bond donors (Lipinski definition) is 3. The molecule has 0 fully saturated rings. The fourth-order valence-corrected chi connectivity index (χ4v) is 1.29.